The van der Waals surface area contributed by atoms with E-state index >= 15 is 0 Å². The number of nitrogens with two attached hydrogens (primary N) is 1. The van der Waals surface area contributed by atoms with Crippen LogP contribution in [0.4, 0.5) is 4.79 Å². The van der Waals surface area contributed by atoms with Gasteiger partial charge in [-0.05, 0) is 20.3 Å². The number of hydrogen-bond donors (Lipinski definition) is 1. The fraction of sp³-hybridized carbons (Fsp3) is 0.750. The van der Waals surface area contributed by atoms with Gasteiger partial charge in [0.1, 0.15) is 5.54 Å². The second-order valence-corrected chi connectivity index (χ2v) is 3.72. The summed E-state index contributed by atoms with van der Waals surface area (Å²) >= 11 is 0. The van der Waals surface area contributed by atoms with Crippen molar-refractivity contribution in [2.24, 2.45) is 5.73 Å². The van der Waals surface area contributed by atoms with Crippen LogP contribution in [0.1, 0.15) is 20.3 Å². The average Bonchev–Trinajstić information content (AvgIpc) is 1.79. The second kappa shape index (κ2) is 3.33. The maximum atomic E-state index is 11.1. The van der Waals surface area contributed by atoms with Crippen LogP contribution in [0, 0.1) is 0 Å². The molecule has 74 valence electrons. The lowest BCUT2D eigenvalue weighted by atomic mass is 10.1. The molecular formula is C8H14N2O3. The van der Waals surface area contributed by atoms with Crippen LogP contribution in [-0.2, 0) is 9.53 Å². The van der Waals surface area contributed by atoms with Crippen LogP contribution in [0.25, 0.3) is 0 Å². The standard InChI is InChI=1S/C8H14N2O3/c1-8(2,9)6(11)13-7(12)10-4-3-5-10/h3-5,9H2,1-2H3. The molecule has 13 heavy (non-hydrogen) atoms. The van der Waals surface area contributed by atoms with Crippen molar-refractivity contribution in [1.29, 1.82) is 0 Å². The predicted molar refractivity (Wildman–Crippen MR) is 45.9 cm³/mol. The van der Waals surface area contributed by atoms with Crippen LogP contribution in [0.15, 0.2) is 0 Å². The molecule has 0 aromatic rings. The molecule has 0 saturated carbocycles. The predicted octanol–water partition coefficient (Wildman–Crippen LogP) is 0.0926. The Kier molecular flexibility index (Phi) is 2.56. The van der Waals surface area contributed by atoms with Gasteiger partial charge < -0.3 is 15.4 Å². The zero-order valence-corrected chi connectivity index (χ0v) is 7.87. The summed E-state index contributed by atoms with van der Waals surface area (Å²) in [4.78, 5) is 23.7. The van der Waals surface area contributed by atoms with Crippen molar-refractivity contribution >= 4 is 12.1 Å². The smallest absolute Gasteiger partial charge is 0.375 e. The molecule has 1 fully saturated rings. The third-order valence-electron chi connectivity index (χ3n) is 1.82. The highest BCUT2D eigenvalue weighted by molar-refractivity contribution is 5.89. The van der Waals surface area contributed by atoms with Crippen molar-refractivity contribution in [3.8, 4) is 0 Å². The fourth-order valence-corrected chi connectivity index (χ4v) is 0.774. The number of carbonyl (C=O) groups is 2. The first-order chi connectivity index (χ1) is 5.91. The van der Waals surface area contributed by atoms with Crippen molar-refractivity contribution < 1.29 is 14.3 Å². The van der Waals surface area contributed by atoms with E-state index in [4.69, 9.17) is 5.73 Å². The molecule has 1 amide bonds. The number of amides is 1. The average molecular weight is 186 g/mol. The summed E-state index contributed by atoms with van der Waals surface area (Å²) in [5.74, 6) is -0.690. The highest BCUT2D eigenvalue weighted by Crippen LogP contribution is 2.09. The number of rotatable bonds is 1. The van der Waals surface area contributed by atoms with Gasteiger partial charge in [-0.25, -0.2) is 9.59 Å². The van der Waals surface area contributed by atoms with Gasteiger partial charge in [0.05, 0.1) is 0 Å². The van der Waals surface area contributed by atoms with Crippen molar-refractivity contribution in [1.82, 2.24) is 4.90 Å². The van der Waals surface area contributed by atoms with Gasteiger partial charge in [0.25, 0.3) is 0 Å². The van der Waals surface area contributed by atoms with Crippen LogP contribution >= 0.6 is 0 Å². The lowest BCUT2D eigenvalue weighted by Gasteiger charge is -2.30. The van der Waals surface area contributed by atoms with Gasteiger partial charge >= 0.3 is 12.1 Å². The molecule has 0 bridgehead atoms. The van der Waals surface area contributed by atoms with Gasteiger partial charge in [-0.1, -0.05) is 0 Å². The SMILES string of the molecule is CC(C)(N)C(=O)OC(=O)N1CCC1. The van der Waals surface area contributed by atoms with E-state index in [9.17, 15) is 9.59 Å². The molecule has 1 saturated heterocycles. The van der Waals surface area contributed by atoms with E-state index < -0.39 is 17.6 Å². The van der Waals surface area contributed by atoms with Crippen LogP contribution < -0.4 is 5.73 Å². The molecule has 0 spiro atoms. The Hall–Kier alpha value is -1.10. The van der Waals surface area contributed by atoms with Gasteiger partial charge in [-0.3, -0.25) is 0 Å². The lowest BCUT2D eigenvalue weighted by Crippen LogP contribution is -2.48. The van der Waals surface area contributed by atoms with E-state index in [1.165, 1.54) is 18.7 Å². The van der Waals surface area contributed by atoms with Gasteiger partial charge in [-0.15, -0.1) is 0 Å². The molecule has 0 aromatic carbocycles. The number of hydrogen-bond acceptors (Lipinski definition) is 4. The first-order valence-corrected chi connectivity index (χ1v) is 4.21. The van der Waals surface area contributed by atoms with Crippen molar-refractivity contribution in [3.05, 3.63) is 0 Å². The molecule has 0 aliphatic carbocycles. The summed E-state index contributed by atoms with van der Waals surface area (Å²) < 4.78 is 4.54. The summed E-state index contributed by atoms with van der Waals surface area (Å²) in [6, 6.07) is 0. The number of nitrogens with zero attached hydrogens (tertiary/aromatic N) is 1. The molecule has 5 heteroatoms. The summed E-state index contributed by atoms with van der Waals surface area (Å²) in [6.45, 7) is 4.33. The molecule has 1 heterocycles. The molecule has 0 unspecified atom stereocenters. The van der Waals surface area contributed by atoms with E-state index in [2.05, 4.69) is 4.74 Å². The third kappa shape index (κ3) is 2.42. The Bertz CT molecular complexity index is 228. The first kappa shape index (κ1) is 9.98. The number of likely N-dealkylation sites (tertiary alicyclic amines) is 1. The van der Waals surface area contributed by atoms with Gasteiger partial charge in [0.2, 0.25) is 0 Å². The molecular weight excluding hydrogens is 172 g/mol. The first-order valence-electron chi connectivity index (χ1n) is 4.21. The molecule has 0 atom stereocenters. The minimum atomic E-state index is -1.11. The molecule has 0 aromatic heterocycles. The van der Waals surface area contributed by atoms with E-state index in [1.807, 2.05) is 0 Å². The second-order valence-electron chi connectivity index (χ2n) is 3.72. The van der Waals surface area contributed by atoms with Crippen LogP contribution in [-0.4, -0.2) is 35.6 Å². The molecule has 2 N–H and O–H groups in total. The van der Waals surface area contributed by atoms with E-state index in [0.29, 0.717) is 13.1 Å². The maximum Gasteiger partial charge on any atom is 0.417 e. The summed E-state index contributed by atoms with van der Waals surface area (Å²) in [6.07, 6.45) is 0.379. The normalized spacial score (nSPS) is 16.4. The summed E-state index contributed by atoms with van der Waals surface area (Å²) in [7, 11) is 0. The van der Waals surface area contributed by atoms with E-state index in [-0.39, 0.29) is 0 Å². The minimum absolute atomic E-state index is 0.588. The van der Waals surface area contributed by atoms with Crippen LogP contribution in [0.5, 0.6) is 0 Å². The summed E-state index contributed by atoms with van der Waals surface area (Å²) in [5, 5.41) is 0. The van der Waals surface area contributed by atoms with Crippen molar-refractivity contribution in [2.75, 3.05) is 13.1 Å². The van der Waals surface area contributed by atoms with Crippen molar-refractivity contribution in [3.63, 3.8) is 0 Å². The number of esters is 1. The highest BCUT2D eigenvalue weighted by Gasteiger charge is 2.30. The van der Waals surface area contributed by atoms with Gasteiger partial charge in [0.15, 0.2) is 0 Å². The monoisotopic (exact) mass is 186 g/mol. The Balaban J connectivity index is 2.39. The molecule has 5 nitrogen and oxygen atoms in total. The number of carbonyl (C=O) groups excluding carboxylic acids is 2. The third-order valence-corrected chi connectivity index (χ3v) is 1.82. The Morgan fingerprint density at radius 1 is 1.38 bits per heavy atom. The Morgan fingerprint density at radius 2 is 1.92 bits per heavy atom. The molecule has 0 radical (unpaired) electrons. The highest BCUT2D eigenvalue weighted by atomic mass is 16.6. The van der Waals surface area contributed by atoms with E-state index in [1.54, 1.807) is 0 Å². The molecule has 1 rings (SSSR count). The number of ether oxygens (including phenoxy) is 1. The molecule has 1 aliphatic rings. The zero-order valence-electron chi connectivity index (χ0n) is 7.87. The Morgan fingerprint density at radius 3 is 2.23 bits per heavy atom. The topological polar surface area (TPSA) is 72.6 Å². The van der Waals surface area contributed by atoms with E-state index in [0.717, 1.165) is 6.42 Å². The lowest BCUT2D eigenvalue weighted by molar-refractivity contribution is -0.143. The molecule has 1 aliphatic heterocycles. The Labute approximate surface area is 76.8 Å². The zero-order chi connectivity index (χ0) is 10.1. The fourth-order valence-electron chi connectivity index (χ4n) is 0.774. The van der Waals surface area contributed by atoms with Crippen LogP contribution in [0.3, 0.4) is 0 Å². The maximum absolute atomic E-state index is 11.1. The summed E-state index contributed by atoms with van der Waals surface area (Å²) in [5.41, 5.74) is 4.33. The minimum Gasteiger partial charge on any atom is -0.375 e. The largest absolute Gasteiger partial charge is 0.417 e. The van der Waals surface area contributed by atoms with Crippen molar-refractivity contribution in [2.45, 2.75) is 25.8 Å². The van der Waals surface area contributed by atoms with Crippen LogP contribution in [0.2, 0.25) is 0 Å². The quantitative estimate of drug-likeness (QED) is 0.465. The van der Waals surface area contributed by atoms with Gasteiger partial charge in [-0.2, -0.15) is 0 Å². The van der Waals surface area contributed by atoms with Gasteiger partial charge in [0, 0.05) is 13.1 Å².